The summed E-state index contributed by atoms with van der Waals surface area (Å²) in [5.41, 5.74) is 6.62. The number of benzene rings is 1. The van der Waals surface area contributed by atoms with Gasteiger partial charge in [-0.05, 0) is 39.0 Å². The molecule has 0 heterocycles. The smallest absolute Gasteiger partial charge is 0.338 e. The molecule has 0 saturated carbocycles. The van der Waals surface area contributed by atoms with Crippen LogP contribution in [0.5, 0.6) is 5.75 Å². The second-order valence-electron chi connectivity index (χ2n) is 4.24. The maximum atomic E-state index is 11.7. The van der Waals surface area contributed by atoms with E-state index >= 15 is 0 Å². The van der Waals surface area contributed by atoms with E-state index in [0.717, 1.165) is 0 Å². The van der Waals surface area contributed by atoms with Crippen LogP contribution in [0, 0.1) is 0 Å². The molecule has 0 radical (unpaired) electrons. The SMILES string of the molecule is CCOc1ccc(C(=O)OCCOC(C)C)cc1N. The highest BCUT2D eigenvalue weighted by atomic mass is 16.6. The number of hydrogen-bond acceptors (Lipinski definition) is 5. The van der Waals surface area contributed by atoms with Gasteiger partial charge in [-0.15, -0.1) is 0 Å². The summed E-state index contributed by atoms with van der Waals surface area (Å²) in [4.78, 5) is 11.7. The van der Waals surface area contributed by atoms with E-state index in [0.29, 0.717) is 30.2 Å². The van der Waals surface area contributed by atoms with Crippen molar-refractivity contribution in [1.82, 2.24) is 0 Å². The van der Waals surface area contributed by atoms with Gasteiger partial charge in [0.1, 0.15) is 12.4 Å². The summed E-state index contributed by atoms with van der Waals surface area (Å²) in [6, 6.07) is 4.85. The molecule has 1 rings (SSSR count). The van der Waals surface area contributed by atoms with Crippen LogP contribution in [0.3, 0.4) is 0 Å². The molecule has 0 unspecified atom stereocenters. The predicted octanol–water partition coefficient (Wildman–Crippen LogP) is 2.25. The summed E-state index contributed by atoms with van der Waals surface area (Å²) in [5.74, 6) is 0.157. The molecular weight excluding hydrogens is 246 g/mol. The van der Waals surface area contributed by atoms with Gasteiger partial charge in [0.25, 0.3) is 0 Å². The highest BCUT2D eigenvalue weighted by Gasteiger charge is 2.10. The maximum Gasteiger partial charge on any atom is 0.338 e. The zero-order valence-corrected chi connectivity index (χ0v) is 11.6. The Morgan fingerprint density at radius 3 is 2.63 bits per heavy atom. The lowest BCUT2D eigenvalue weighted by Gasteiger charge is -2.10. The quantitative estimate of drug-likeness (QED) is 0.466. The van der Waals surface area contributed by atoms with Crippen LogP contribution in [-0.4, -0.2) is 31.9 Å². The van der Waals surface area contributed by atoms with E-state index in [4.69, 9.17) is 19.9 Å². The summed E-state index contributed by atoms with van der Waals surface area (Å²) < 4.78 is 15.7. The van der Waals surface area contributed by atoms with Crippen molar-refractivity contribution in [1.29, 1.82) is 0 Å². The summed E-state index contributed by atoms with van der Waals surface area (Å²) in [5, 5.41) is 0. The van der Waals surface area contributed by atoms with Crippen molar-refractivity contribution in [2.75, 3.05) is 25.6 Å². The van der Waals surface area contributed by atoms with Crippen molar-refractivity contribution < 1.29 is 19.0 Å². The summed E-state index contributed by atoms with van der Waals surface area (Å²) in [6.07, 6.45) is 0.125. The van der Waals surface area contributed by atoms with Crippen molar-refractivity contribution in [3.63, 3.8) is 0 Å². The molecule has 0 fully saturated rings. The van der Waals surface area contributed by atoms with Gasteiger partial charge in [0.15, 0.2) is 0 Å². The zero-order valence-electron chi connectivity index (χ0n) is 11.6. The Morgan fingerprint density at radius 1 is 1.32 bits per heavy atom. The Labute approximate surface area is 113 Å². The second-order valence-corrected chi connectivity index (χ2v) is 4.24. The molecule has 0 spiro atoms. The lowest BCUT2D eigenvalue weighted by Crippen LogP contribution is -2.13. The van der Waals surface area contributed by atoms with Gasteiger partial charge in [-0.2, -0.15) is 0 Å². The first kappa shape index (κ1) is 15.3. The molecule has 106 valence electrons. The standard InChI is InChI=1S/C14H21NO4/c1-4-17-13-6-5-11(9-12(13)15)14(16)19-8-7-18-10(2)3/h5-6,9-10H,4,7-8,15H2,1-3H3. The van der Waals surface area contributed by atoms with Crippen LogP contribution in [0.2, 0.25) is 0 Å². The number of nitrogens with two attached hydrogens (primary N) is 1. The molecular formula is C14H21NO4. The van der Waals surface area contributed by atoms with Crippen molar-refractivity contribution in [3.05, 3.63) is 23.8 Å². The van der Waals surface area contributed by atoms with Crippen LogP contribution < -0.4 is 10.5 Å². The Hall–Kier alpha value is -1.75. The van der Waals surface area contributed by atoms with Crippen molar-refractivity contribution in [3.8, 4) is 5.75 Å². The van der Waals surface area contributed by atoms with Crippen LogP contribution in [0.25, 0.3) is 0 Å². The number of rotatable bonds is 7. The van der Waals surface area contributed by atoms with Gasteiger partial charge in [-0.1, -0.05) is 0 Å². The van der Waals surface area contributed by atoms with E-state index in [1.807, 2.05) is 20.8 Å². The first-order valence-corrected chi connectivity index (χ1v) is 6.35. The predicted molar refractivity (Wildman–Crippen MR) is 73.4 cm³/mol. The molecule has 1 aromatic rings. The highest BCUT2D eigenvalue weighted by Crippen LogP contribution is 2.22. The van der Waals surface area contributed by atoms with Gasteiger partial charge in [0.2, 0.25) is 0 Å². The second kappa shape index (κ2) is 7.63. The molecule has 19 heavy (non-hydrogen) atoms. The molecule has 0 aliphatic carbocycles. The largest absolute Gasteiger partial charge is 0.492 e. The van der Waals surface area contributed by atoms with Gasteiger partial charge >= 0.3 is 5.97 Å². The third kappa shape index (κ3) is 5.18. The molecule has 0 aliphatic heterocycles. The minimum absolute atomic E-state index is 0.125. The average molecular weight is 267 g/mol. The van der Waals surface area contributed by atoms with Gasteiger partial charge in [0, 0.05) is 0 Å². The molecule has 5 heteroatoms. The first-order chi connectivity index (χ1) is 9.04. The number of carbonyl (C=O) groups is 1. The monoisotopic (exact) mass is 267 g/mol. The number of hydrogen-bond donors (Lipinski definition) is 1. The number of anilines is 1. The van der Waals surface area contributed by atoms with Crippen molar-refractivity contribution >= 4 is 11.7 Å². The van der Waals surface area contributed by atoms with Crippen LogP contribution in [0.15, 0.2) is 18.2 Å². The Balaban J connectivity index is 2.50. The summed E-state index contributed by atoms with van der Waals surface area (Å²) >= 11 is 0. The Kier molecular flexibility index (Phi) is 6.15. The molecule has 0 atom stereocenters. The Bertz CT molecular complexity index is 418. The summed E-state index contributed by atoms with van der Waals surface area (Å²) in [6.45, 7) is 6.86. The maximum absolute atomic E-state index is 11.7. The minimum Gasteiger partial charge on any atom is -0.492 e. The van der Waals surface area contributed by atoms with Crippen LogP contribution in [-0.2, 0) is 9.47 Å². The van der Waals surface area contributed by atoms with Gasteiger partial charge < -0.3 is 19.9 Å². The zero-order chi connectivity index (χ0) is 14.3. The van der Waals surface area contributed by atoms with E-state index in [1.165, 1.54) is 0 Å². The van der Waals surface area contributed by atoms with E-state index < -0.39 is 5.97 Å². The number of ether oxygens (including phenoxy) is 3. The molecule has 5 nitrogen and oxygen atoms in total. The lowest BCUT2D eigenvalue weighted by atomic mass is 10.2. The van der Waals surface area contributed by atoms with Crippen molar-refractivity contribution in [2.24, 2.45) is 0 Å². The molecule has 0 amide bonds. The van der Waals surface area contributed by atoms with E-state index in [2.05, 4.69) is 0 Å². The molecule has 0 aliphatic rings. The lowest BCUT2D eigenvalue weighted by molar-refractivity contribution is 0.0177. The fraction of sp³-hybridized carbons (Fsp3) is 0.500. The Morgan fingerprint density at radius 2 is 2.05 bits per heavy atom. The normalized spacial score (nSPS) is 10.5. The minimum atomic E-state index is -0.415. The molecule has 2 N–H and O–H groups in total. The van der Waals surface area contributed by atoms with Gasteiger partial charge in [0.05, 0.1) is 30.6 Å². The van der Waals surface area contributed by atoms with Gasteiger partial charge in [-0.25, -0.2) is 4.79 Å². The molecule has 1 aromatic carbocycles. The molecule has 0 saturated heterocycles. The highest BCUT2D eigenvalue weighted by molar-refractivity contribution is 5.91. The third-order valence-corrected chi connectivity index (χ3v) is 2.31. The topological polar surface area (TPSA) is 70.8 Å². The van der Waals surface area contributed by atoms with Gasteiger partial charge in [-0.3, -0.25) is 0 Å². The third-order valence-electron chi connectivity index (χ3n) is 2.31. The number of nitrogen functional groups attached to an aromatic ring is 1. The van der Waals surface area contributed by atoms with E-state index in [1.54, 1.807) is 18.2 Å². The number of carbonyl (C=O) groups excluding carboxylic acids is 1. The fourth-order valence-corrected chi connectivity index (χ4v) is 1.46. The van der Waals surface area contributed by atoms with E-state index in [-0.39, 0.29) is 12.7 Å². The molecule has 0 aromatic heterocycles. The average Bonchev–Trinajstić information content (AvgIpc) is 2.36. The van der Waals surface area contributed by atoms with Crippen LogP contribution in [0.4, 0.5) is 5.69 Å². The fourth-order valence-electron chi connectivity index (χ4n) is 1.46. The summed E-state index contributed by atoms with van der Waals surface area (Å²) in [7, 11) is 0. The number of esters is 1. The van der Waals surface area contributed by atoms with Crippen LogP contribution in [0.1, 0.15) is 31.1 Å². The first-order valence-electron chi connectivity index (χ1n) is 6.35. The van der Waals surface area contributed by atoms with Crippen molar-refractivity contribution in [2.45, 2.75) is 26.9 Å². The van der Waals surface area contributed by atoms with E-state index in [9.17, 15) is 4.79 Å². The van der Waals surface area contributed by atoms with Crippen LogP contribution >= 0.6 is 0 Å². The molecule has 0 bridgehead atoms.